The van der Waals surface area contributed by atoms with E-state index >= 15 is 0 Å². The van der Waals surface area contributed by atoms with E-state index in [0.29, 0.717) is 5.02 Å². The molecular weight excluding hydrogens is 384 g/mol. The van der Waals surface area contributed by atoms with Crippen molar-refractivity contribution in [2.75, 3.05) is 31.1 Å². The molecule has 0 aromatic carbocycles. The molecule has 0 unspecified atom stereocenters. The van der Waals surface area contributed by atoms with Crippen LogP contribution in [0.1, 0.15) is 23.4 Å². The lowest BCUT2D eigenvalue weighted by atomic mass is 10.2. The van der Waals surface area contributed by atoms with E-state index in [9.17, 15) is 0 Å². The third-order valence-corrected chi connectivity index (χ3v) is 5.87. The molecular formula is C22H23ClN6. The Kier molecular flexibility index (Phi) is 5.12. The van der Waals surface area contributed by atoms with Gasteiger partial charge in [0, 0.05) is 56.4 Å². The van der Waals surface area contributed by atoms with Gasteiger partial charge in [0.05, 0.1) is 10.7 Å². The van der Waals surface area contributed by atoms with Gasteiger partial charge in [0.2, 0.25) is 0 Å². The van der Waals surface area contributed by atoms with Crippen molar-refractivity contribution >= 4 is 17.4 Å². The van der Waals surface area contributed by atoms with E-state index < -0.39 is 0 Å². The van der Waals surface area contributed by atoms with Gasteiger partial charge in [-0.2, -0.15) is 0 Å². The maximum Gasteiger partial charge on any atom is 0.180 e. The lowest BCUT2D eigenvalue weighted by Gasteiger charge is -2.36. The summed E-state index contributed by atoms with van der Waals surface area (Å²) in [5, 5.41) is 0.680. The van der Waals surface area contributed by atoms with Crippen LogP contribution < -0.4 is 4.90 Å². The van der Waals surface area contributed by atoms with Crippen LogP contribution in [0.25, 0.3) is 11.5 Å². The summed E-state index contributed by atoms with van der Waals surface area (Å²) in [6.45, 7) is 4.74. The monoisotopic (exact) mass is 406 g/mol. The van der Waals surface area contributed by atoms with E-state index in [1.165, 1.54) is 11.3 Å². The molecule has 29 heavy (non-hydrogen) atoms. The number of piperazine rings is 1. The molecule has 5 rings (SSSR count). The third kappa shape index (κ3) is 3.95. The molecule has 1 aliphatic carbocycles. The minimum Gasteiger partial charge on any atom is -0.354 e. The highest BCUT2D eigenvalue weighted by atomic mass is 35.5. The summed E-state index contributed by atoms with van der Waals surface area (Å²) in [5.41, 5.74) is 4.43. The zero-order valence-electron chi connectivity index (χ0n) is 16.3. The van der Waals surface area contributed by atoms with Crippen LogP contribution >= 0.6 is 11.6 Å². The van der Waals surface area contributed by atoms with Crippen molar-refractivity contribution in [2.24, 2.45) is 0 Å². The fourth-order valence-corrected chi connectivity index (χ4v) is 4.24. The van der Waals surface area contributed by atoms with Crippen LogP contribution in [0.5, 0.6) is 0 Å². The maximum absolute atomic E-state index is 5.95. The van der Waals surface area contributed by atoms with Crippen LogP contribution in [0.15, 0.2) is 42.7 Å². The minimum atomic E-state index is 0.680. The van der Waals surface area contributed by atoms with E-state index in [-0.39, 0.29) is 0 Å². The van der Waals surface area contributed by atoms with Gasteiger partial charge in [-0.3, -0.25) is 14.9 Å². The number of aryl methyl sites for hydroxylation is 1. The summed E-state index contributed by atoms with van der Waals surface area (Å²) in [7, 11) is 0. The van der Waals surface area contributed by atoms with Gasteiger partial charge in [-0.15, -0.1) is 0 Å². The van der Waals surface area contributed by atoms with Gasteiger partial charge in [0.1, 0.15) is 11.5 Å². The highest BCUT2D eigenvalue weighted by Gasteiger charge is 2.26. The van der Waals surface area contributed by atoms with Gasteiger partial charge in [-0.25, -0.2) is 9.97 Å². The Morgan fingerprint density at radius 1 is 0.931 bits per heavy atom. The van der Waals surface area contributed by atoms with Crippen LogP contribution in [-0.4, -0.2) is 51.0 Å². The Morgan fingerprint density at radius 2 is 1.83 bits per heavy atom. The van der Waals surface area contributed by atoms with Crippen molar-refractivity contribution in [3.63, 3.8) is 0 Å². The fraction of sp³-hybridized carbons (Fsp3) is 0.364. The van der Waals surface area contributed by atoms with Crippen LogP contribution in [0.4, 0.5) is 5.82 Å². The second-order valence-electron chi connectivity index (χ2n) is 7.60. The van der Waals surface area contributed by atoms with E-state index in [1.807, 2.05) is 30.3 Å². The molecule has 0 atom stereocenters. The summed E-state index contributed by atoms with van der Waals surface area (Å²) < 4.78 is 0. The van der Waals surface area contributed by atoms with E-state index in [4.69, 9.17) is 21.6 Å². The molecule has 0 saturated carbocycles. The van der Waals surface area contributed by atoms with Crippen molar-refractivity contribution in [1.29, 1.82) is 0 Å². The lowest BCUT2D eigenvalue weighted by Crippen LogP contribution is -2.46. The SMILES string of the molecule is Clc1ccc(CN2CCN(c3nc(-c4ccccn4)nc4c3CCC4)CC2)nc1. The molecule has 7 heteroatoms. The Balaban J connectivity index is 1.34. The Morgan fingerprint density at radius 3 is 2.59 bits per heavy atom. The molecule has 0 spiro atoms. The molecule has 2 aliphatic rings. The number of pyridine rings is 2. The van der Waals surface area contributed by atoms with Crippen molar-refractivity contribution in [3.8, 4) is 11.5 Å². The van der Waals surface area contributed by atoms with Gasteiger partial charge in [0.15, 0.2) is 5.82 Å². The standard InChI is InChI=1S/C22H23ClN6/c23-16-7-8-17(25-14-16)15-28-10-12-29(13-11-28)22-18-4-3-6-19(18)26-21(27-22)20-5-1-2-9-24-20/h1-2,5,7-9,14H,3-4,6,10-13,15H2. The molecule has 1 saturated heterocycles. The number of nitrogens with zero attached hydrogens (tertiary/aromatic N) is 6. The van der Waals surface area contributed by atoms with Crippen molar-refractivity contribution in [3.05, 3.63) is 64.7 Å². The van der Waals surface area contributed by atoms with Gasteiger partial charge >= 0.3 is 0 Å². The lowest BCUT2D eigenvalue weighted by molar-refractivity contribution is 0.246. The number of anilines is 1. The Labute approximate surface area is 175 Å². The van der Waals surface area contributed by atoms with Crippen LogP contribution in [0, 0.1) is 0 Å². The second kappa shape index (κ2) is 8.05. The number of hydrogen-bond acceptors (Lipinski definition) is 6. The normalized spacial score (nSPS) is 16.8. The number of hydrogen-bond donors (Lipinski definition) is 0. The van der Waals surface area contributed by atoms with Crippen molar-refractivity contribution < 1.29 is 0 Å². The fourth-order valence-electron chi connectivity index (χ4n) is 4.13. The largest absolute Gasteiger partial charge is 0.354 e. The van der Waals surface area contributed by atoms with Crippen molar-refractivity contribution in [1.82, 2.24) is 24.8 Å². The van der Waals surface area contributed by atoms with Gasteiger partial charge in [-0.1, -0.05) is 17.7 Å². The molecule has 0 bridgehead atoms. The third-order valence-electron chi connectivity index (χ3n) is 5.65. The first-order chi connectivity index (χ1) is 14.3. The first-order valence-corrected chi connectivity index (χ1v) is 10.5. The molecule has 1 aliphatic heterocycles. The Hall–Kier alpha value is -2.57. The Bertz CT molecular complexity index is 984. The van der Waals surface area contributed by atoms with E-state index in [0.717, 1.165) is 75.0 Å². The molecule has 0 radical (unpaired) electrons. The molecule has 0 N–H and O–H groups in total. The second-order valence-corrected chi connectivity index (χ2v) is 8.03. The summed E-state index contributed by atoms with van der Waals surface area (Å²) in [4.78, 5) is 23.5. The number of fused-ring (bicyclic) bond motifs is 1. The van der Waals surface area contributed by atoms with Crippen LogP contribution in [-0.2, 0) is 19.4 Å². The molecule has 3 aromatic heterocycles. The first kappa shape index (κ1) is 18.5. The summed E-state index contributed by atoms with van der Waals surface area (Å²) in [5.74, 6) is 1.85. The molecule has 3 aromatic rings. The molecule has 4 heterocycles. The molecule has 6 nitrogen and oxygen atoms in total. The van der Waals surface area contributed by atoms with Crippen LogP contribution in [0.3, 0.4) is 0 Å². The number of halogens is 1. The minimum absolute atomic E-state index is 0.680. The quantitative estimate of drug-likeness (QED) is 0.661. The summed E-state index contributed by atoms with van der Waals surface area (Å²) >= 11 is 5.95. The highest BCUT2D eigenvalue weighted by molar-refractivity contribution is 6.30. The van der Waals surface area contributed by atoms with Gasteiger partial charge in [0.25, 0.3) is 0 Å². The molecule has 1 fully saturated rings. The van der Waals surface area contributed by atoms with Gasteiger partial charge < -0.3 is 4.90 Å². The number of aromatic nitrogens is 4. The number of rotatable bonds is 4. The summed E-state index contributed by atoms with van der Waals surface area (Å²) in [6.07, 6.45) is 6.78. The smallest absolute Gasteiger partial charge is 0.180 e. The predicted octanol–water partition coefficient (Wildman–Crippen LogP) is 3.40. The topological polar surface area (TPSA) is 58.0 Å². The van der Waals surface area contributed by atoms with Gasteiger partial charge in [-0.05, 0) is 43.5 Å². The zero-order chi connectivity index (χ0) is 19.6. The van der Waals surface area contributed by atoms with Crippen LogP contribution in [0.2, 0.25) is 5.02 Å². The predicted molar refractivity (Wildman–Crippen MR) is 114 cm³/mol. The molecule has 0 amide bonds. The first-order valence-electron chi connectivity index (χ1n) is 10.2. The maximum atomic E-state index is 5.95. The average Bonchev–Trinajstić information content (AvgIpc) is 3.25. The average molecular weight is 407 g/mol. The summed E-state index contributed by atoms with van der Waals surface area (Å²) in [6, 6.07) is 9.81. The molecule has 148 valence electrons. The highest BCUT2D eigenvalue weighted by Crippen LogP contribution is 2.31. The van der Waals surface area contributed by atoms with E-state index in [1.54, 1.807) is 12.4 Å². The van der Waals surface area contributed by atoms with E-state index in [2.05, 4.69) is 19.8 Å². The zero-order valence-corrected chi connectivity index (χ0v) is 17.0. The van der Waals surface area contributed by atoms with Crippen molar-refractivity contribution in [2.45, 2.75) is 25.8 Å².